The molecule has 3 rings (SSSR count). The maximum atomic E-state index is 12.2. The lowest BCUT2D eigenvalue weighted by Crippen LogP contribution is -2.12. The van der Waals surface area contributed by atoms with E-state index < -0.39 is 0 Å². The molecule has 0 amide bonds. The van der Waals surface area contributed by atoms with Gasteiger partial charge in [-0.15, -0.1) is 11.8 Å². The summed E-state index contributed by atoms with van der Waals surface area (Å²) in [6, 6.07) is 6.99. The van der Waals surface area contributed by atoms with Gasteiger partial charge < -0.3 is 20.4 Å². The molecule has 0 bridgehead atoms. The van der Waals surface area contributed by atoms with Crippen molar-refractivity contribution in [1.82, 2.24) is 0 Å². The largest absolute Gasteiger partial charge is 0.507 e. The van der Waals surface area contributed by atoms with Gasteiger partial charge in [-0.05, 0) is 29.8 Å². The Morgan fingerprint density at radius 3 is 2.29 bits per heavy atom. The van der Waals surface area contributed by atoms with E-state index in [2.05, 4.69) is 0 Å². The summed E-state index contributed by atoms with van der Waals surface area (Å²) < 4.78 is 0. The SMILES string of the molecule is O=C1CC(c2ccc(O)c(O)c2)Sc2c(O)ccc(O)c21. The highest BCUT2D eigenvalue weighted by Crippen LogP contribution is 2.51. The van der Waals surface area contributed by atoms with Gasteiger partial charge in [0.05, 0.1) is 10.5 Å². The number of phenolic OH excluding ortho intramolecular Hbond substituents is 4. The summed E-state index contributed by atoms with van der Waals surface area (Å²) >= 11 is 1.25. The molecule has 1 unspecified atom stereocenters. The number of aromatic hydroxyl groups is 4. The Hall–Kier alpha value is -2.34. The van der Waals surface area contributed by atoms with Crippen molar-refractivity contribution in [3.8, 4) is 23.0 Å². The lowest BCUT2D eigenvalue weighted by Gasteiger charge is -2.24. The molecule has 5 nitrogen and oxygen atoms in total. The van der Waals surface area contributed by atoms with Crippen molar-refractivity contribution in [2.45, 2.75) is 16.6 Å². The van der Waals surface area contributed by atoms with E-state index in [1.54, 1.807) is 6.07 Å². The zero-order chi connectivity index (χ0) is 15.1. The highest BCUT2D eigenvalue weighted by atomic mass is 32.2. The number of Topliss-reactive ketones (excluding diaryl/α,β-unsaturated/α-hetero) is 1. The van der Waals surface area contributed by atoms with Gasteiger partial charge in [-0.25, -0.2) is 0 Å². The van der Waals surface area contributed by atoms with Crippen LogP contribution in [0, 0.1) is 0 Å². The van der Waals surface area contributed by atoms with Gasteiger partial charge in [-0.3, -0.25) is 4.79 Å². The van der Waals surface area contributed by atoms with Crippen molar-refractivity contribution in [1.29, 1.82) is 0 Å². The molecule has 1 aliphatic heterocycles. The van der Waals surface area contributed by atoms with E-state index in [9.17, 15) is 25.2 Å². The van der Waals surface area contributed by atoms with Crippen LogP contribution in [-0.2, 0) is 0 Å². The fourth-order valence-corrected chi connectivity index (χ4v) is 3.66. The Labute approximate surface area is 124 Å². The molecule has 0 spiro atoms. The first-order valence-corrected chi connectivity index (χ1v) is 7.12. The fourth-order valence-electron chi connectivity index (χ4n) is 2.33. The van der Waals surface area contributed by atoms with Crippen LogP contribution in [0.5, 0.6) is 23.0 Å². The average Bonchev–Trinajstić information content (AvgIpc) is 2.45. The monoisotopic (exact) mass is 304 g/mol. The van der Waals surface area contributed by atoms with Crippen molar-refractivity contribution < 1.29 is 25.2 Å². The van der Waals surface area contributed by atoms with Crippen LogP contribution in [0.1, 0.15) is 27.6 Å². The molecule has 2 aromatic rings. The number of benzene rings is 2. The Morgan fingerprint density at radius 1 is 0.905 bits per heavy atom. The zero-order valence-electron chi connectivity index (χ0n) is 10.8. The predicted octanol–water partition coefficient (Wildman–Crippen LogP) is 2.93. The summed E-state index contributed by atoms with van der Waals surface area (Å²) in [5.41, 5.74) is 0.802. The molecule has 6 heteroatoms. The van der Waals surface area contributed by atoms with Gasteiger partial charge >= 0.3 is 0 Å². The number of thioether (sulfide) groups is 1. The highest BCUT2D eigenvalue weighted by molar-refractivity contribution is 7.99. The average molecular weight is 304 g/mol. The predicted molar refractivity (Wildman–Crippen MR) is 77.1 cm³/mol. The summed E-state index contributed by atoms with van der Waals surface area (Å²) in [4.78, 5) is 12.5. The van der Waals surface area contributed by atoms with E-state index in [0.717, 1.165) is 0 Å². The fraction of sp³-hybridized carbons (Fsp3) is 0.133. The van der Waals surface area contributed by atoms with Crippen LogP contribution in [0.25, 0.3) is 0 Å². The smallest absolute Gasteiger partial charge is 0.169 e. The van der Waals surface area contributed by atoms with Crippen LogP contribution < -0.4 is 0 Å². The number of ketones is 1. The third-order valence-electron chi connectivity index (χ3n) is 3.40. The molecular weight excluding hydrogens is 292 g/mol. The zero-order valence-corrected chi connectivity index (χ0v) is 11.6. The number of hydrogen-bond acceptors (Lipinski definition) is 6. The van der Waals surface area contributed by atoms with Gasteiger partial charge in [0.15, 0.2) is 17.3 Å². The lowest BCUT2D eigenvalue weighted by atomic mass is 10.00. The van der Waals surface area contributed by atoms with Crippen molar-refractivity contribution in [2.75, 3.05) is 0 Å². The second kappa shape index (κ2) is 4.89. The Bertz CT molecular complexity index is 741. The quantitative estimate of drug-likeness (QED) is 0.478. The first-order chi connectivity index (χ1) is 9.97. The van der Waals surface area contributed by atoms with Gasteiger partial charge in [0.1, 0.15) is 11.5 Å². The molecule has 108 valence electrons. The highest BCUT2D eigenvalue weighted by Gasteiger charge is 2.31. The Morgan fingerprint density at radius 2 is 1.57 bits per heavy atom. The second-order valence-corrected chi connectivity index (χ2v) is 6.00. The third kappa shape index (κ3) is 2.27. The molecule has 0 saturated carbocycles. The molecular formula is C15H12O5S. The van der Waals surface area contributed by atoms with Crippen LogP contribution in [0.2, 0.25) is 0 Å². The van der Waals surface area contributed by atoms with Crippen LogP contribution in [0.15, 0.2) is 35.2 Å². The Balaban J connectivity index is 2.04. The molecule has 0 aliphatic carbocycles. The molecule has 0 radical (unpaired) electrons. The van der Waals surface area contributed by atoms with Crippen LogP contribution in [-0.4, -0.2) is 26.2 Å². The number of phenols is 4. The second-order valence-electron chi connectivity index (χ2n) is 4.79. The molecule has 0 saturated heterocycles. The number of carbonyl (C=O) groups excluding carboxylic acids is 1. The van der Waals surface area contributed by atoms with E-state index in [4.69, 9.17) is 0 Å². The van der Waals surface area contributed by atoms with E-state index in [1.807, 2.05) is 0 Å². The van der Waals surface area contributed by atoms with Gasteiger partial charge in [0.2, 0.25) is 0 Å². The molecule has 2 aromatic carbocycles. The van der Waals surface area contributed by atoms with Crippen molar-refractivity contribution in [2.24, 2.45) is 0 Å². The van der Waals surface area contributed by atoms with Crippen LogP contribution >= 0.6 is 11.8 Å². The molecule has 0 aromatic heterocycles. The first kappa shape index (κ1) is 13.6. The van der Waals surface area contributed by atoms with Gasteiger partial charge in [-0.1, -0.05) is 6.07 Å². The van der Waals surface area contributed by atoms with E-state index >= 15 is 0 Å². The summed E-state index contributed by atoms with van der Waals surface area (Å²) in [5, 5.41) is 38.2. The summed E-state index contributed by atoms with van der Waals surface area (Å²) in [5.74, 6) is -0.964. The lowest BCUT2D eigenvalue weighted by molar-refractivity contribution is 0.0972. The van der Waals surface area contributed by atoms with Gasteiger partial charge in [0.25, 0.3) is 0 Å². The summed E-state index contributed by atoms with van der Waals surface area (Å²) in [6.45, 7) is 0. The molecule has 4 N–H and O–H groups in total. The standard InChI is InChI=1S/C15H12O5S/c16-8-2-1-7(5-11(8)19)13-6-12(20)14-9(17)3-4-10(18)15(14)21-13/h1-5,13,16-19H,6H2. The molecule has 1 aliphatic rings. The minimum absolute atomic E-state index is 0.0612. The summed E-state index contributed by atoms with van der Waals surface area (Å²) in [6.07, 6.45) is 0.138. The first-order valence-electron chi connectivity index (χ1n) is 6.24. The Kier molecular flexibility index (Phi) is 3.17. The van der Waals surface area contributed by atoms with Crippen LogP contribution in [0.3, 0.4) is 0 Å². The molecule has 1 heterocycles. The number of carbonyl (C=O) groups is 1. The van der Waals surface area contributed by atoms with Gasteiger partial charge in [0, 0.05) is 11.7 Å². The molecule has 1 atom stereocenters. The van der Waals surface area contributed by atoms with Crippen molar-refractivity contribution in [3.05, 3.63) is 41.5 Å². The topological polar surface area (TPSA) is 98.0 Å². The van der Waals surface area contributed by atoms with E-state index in [-0.39, 0.29) is 46.0 Å². The third-order valence-corrected chi connectivity index (χ3v) is 4.77. The number of rotatable bonds is 1. The normalized spacial score (nSPS) is 17.5. The van der Waals surface area contributed by atoms with Crippen LogP contribution in [0.4, 0.5) is 0 Å². The minimum atomic E-state index is -0.302. The maximum absolute atomic E-state index is 12.2. The van der Waals surface area contributed by atoms with E-state index in [0.29, 0.717) is 10.5 Å². The summed E-state index contributed by atoms with van der Waals surface area (Å²) in [7, 11) is 0. The molecule has 0 fully saturated rings. The number of fused-ring (bicyclic) bond motifs is 1. The maximum Gasteiger partial charge on any atom is 0.169 e. The number of hydrogen-bond donors (Lipinski definition) is 4. The van der Waals surface area contributed by atoms with E-state index in [1.165, 1.54) is 36.0 Å². The minimum Gasteiger partial charge on any atom is -0.507 e. The van der Waals surface area contributed by atoms with Crippen molar-refractivity contribution in [3.63, 3.8) is 0 Å². The van der Waals surface area contributed by atoms with Gasteiger partial charge in [-0.2, -0.15) is 0 Å². The van der Waals surface area contributed by atoms with Crippen molar-refractivity contribution >= 4 is 17.5 Å². The molecule has 21 heavy (non-hydrogen) atoms.